The number of nitrogens with zero attached hydrogens (tertiary/aromatic N) is 2. The smallest absolute Gasteiger partial charge is 1.00 e. The van der Waals surface area contributed by atoms with Gasteiger partial charge in [0.05, 0.1) is 0 Å². The van der Waals surface area contributed by atoms with Crippen molar-refractivity contribution in [1.29, 1.82) is 0 Å². The van der Waals surface area contributed by atoms with E-state index < -0.39 is 15.6 Å². The van der Waals surface area contributed by atoms with Crippen molar-refractivity contribution in [2.75, 3.05) is 26.2 Å². The molecule has 1 aliphatic carbocycles. The van der Waals surface area contributed by atoms with Gasteiger partial charge in [0, 0.05) is 37.8 Å². The van der Waals surface area contributed by atoms with Crippen molar-refractivity contribution in [3.63, 3.8) is 0 Å². The van der Waals surface area contributed by atoms with Crippen LogP contribution in [0.25, 0.3) is 0 Å². The summed E-state index contributed by atoms with van der Waals surface area (Å²) in [6, 6.07) is 6.32. The summed E-state index contributed by atoms with van der Waals surface area (Å²) in [6.45, 7) is 3.14. The van der Waals surface area contributed by atoms with Gasteiger partial charge in [-0.25, -0.2) is 0 Å². The van der Waals surface area contributed by atoms with Gasteiger partial charge in [0.25, 0.3) is 16.0 Å². The second kappa shape index (κ2) is 7.82. The molecule has 2 aliphatic rings. The maximum Gasteiger partial charge on any atom is 1.00 e. The monoisotopic (exact) mass is 364 g/mol. The van der Waals surface area contributed by atoms with Crippen molar-refractivity contribution in [2.24, 2.45) is 0 Å². The minimum absolute atomic E-state index is 0. The van der Waals surface area contributed by atoms with Crippen molar-refractivity contribution < 1.29 is 53.9 Å². The molecule has 3 rings (SSSR count). The van der Waals surface area contributed by atoms with Crippen LogP contribution in [0.1, 0.15) is 35.6 Å². The molecule has 2 fully saturated rings. The van der Waals surface area contributed by atoms with E-state index in [1.807, 2.05) is 0 Å². The Balaban J connectivity index is 0.00000156. The van der Waals surface area contributed by atoms with Crippen LogP contribution >= 0.6 is 0 Å². The summed E-state index contributed by atoms with van der Waals surface area (Å²) in [4.78, 5) is 16.6. The molecule has 1 heterocycles. The minimum atomic E-state index is -4.56. The van der Waals surface area contributed by atoms with Crippen LogP contribution in [-0.2, 0) is 10.1 Å². The van der Waals surface area contributed by atoms with E-state index in [-0.39, 0.29) is 42.5 Å². The van der Waals surface area contributed by atoms with Crippen molar-refractivity contribution >= 4 is 16.0 Å². The van der Waals surface area contributed by atoms with E-state index in [9.17, 15) is 18.3 Å². The average Bonchev–Trinajstić information content (AvgIpc) is 3.38. The summed E-state index contributed by atoms with van der Waals surface area (Å²) in [7, 11) is -4.56. The van der Waals surface area contributed by atoms with E-state index >= 15 is 0 Å². The largest absolute Gasteiger partial charge is 1.00 e. The summed E-state index contributed by atoms with van der Waals surface area (Å²) >= 11 is 0. The fourth-order valence-electron chi connectivity index (χ4n) is 2.87. The first-order chi connectivity index (χ1) is 10.9. The van der Waals surface area contributed by atoms with Crippen LogP contribution in [0, 0.1) is 0 Å². The number of aliphatic hydroxyl groups excluding tert-OH is 1. The maximum atomic E-state index is 12.4. The second-order valence-corrected chi connectivity index (χ2v) is 7.53. The molecule has 7 nitrogen and oxygen atoms in total. The van der Waals surface area contributed by atoms with Gasteiger partial charge in [-0.3, -0.25) is 14.2 Å². The van der Waals surface area contributed by atoms with Crippen LogP contribution in [0.2, 0.25) is 0 Å². The quantitative estimate of drug-likeness (QED) is 0.457. The van der Waals surface area contributed by atoms with Crippen LogP contribution in [0.15, 0.2) is 24.3 Å². The van der Waals surface area contributed by atoms with Crippen LogP contribution in [0.4, 0.5) is 0 Å². The van der Waals surface area contributed by atoms with Gasteiger partial charge in [-0.15, -0.1) is 0 Å². The van der Waals surface area contributed by atoms with E-state index in [0.717, 1.165) is 13.1 Å². The molecule has 0 radical (unpaired) electrons. The number of carbonyl (C=O) groups is 1. The fraction of sp³-hybridized carbons (Fsp3) is 0.533. The maximum absolute atomic E-state index is 12.4. The topological polar surface area (TPSA) is 98.1 Å². The van der Waals surface area contributed by atoms with E-state index in [0.29, 0.717) is 24.7 Å². The molecule has 2 N–H and O–H groups in total. The van der Waals surface area contributed by atoms with Gasteiger partial charge in [-0.1, -0.05) is 12.1 Å². The van der Waals surface area contributed by atoms with Gasteiger partial charge >= 0.3 is 29.6 Å². The number of amides is 1. The van der Waals surface area contributed by atoms with Gasteiger partial charge < -0.3 is 11.4 Å². The Morgan fingerprint density at radius 2 is 1.67 bits per heavy atom. The minimum Gasteiger partial charge on any atom is -1.00 e. The molecule has 1 aromatic carbocycles. The van der Waals surface area contributed by atoms with Gasteiger partial charge in [0.1, 0.15) is 0 Å². The van der Waals surface area contributed by atoms with Gasteiger partial charge in [0.2, 0.25) is 5.44 Å². The van der Waals surface area contributed by atoms with Crippen molar-refractivity contribution in [1.82, 2.24) is 9.80 Å². The summed E-state index contributed by atoms with van der Waals surface area (Å²) in [5.41, 5.74) is -1.52. The molecule has 1 atom stereocenters. The van der Waals surface area contributed by atoms with E-state index in [1.165, 1.54) is 37.1 Å². The molecule has 24 heavy (non-hydrogen) atoms. The fourth-order valence-corrected chi connectivity index (χ4v) is 3.38. The van der Waals surface area contributed by atoms with Crippen LogP contribution < -0.4 is 29.6 Å². The number of benzene rings is 1. The third-order valence-electron chi connectivity index (χ3n) is 4.39. The molecule has 9 heteroatoms. The number of rotatable bonds is 4. The Morgan fingerprint density at radius 3 is 2.12 bits per heavy atom. The van der Waals surface area contributed by atoms with Gasteiger partial charge in [-0.2, -0.15) is 8.42 Å². The Bertz CT molecular complexity index is 688. The zero-order valence-electron chi connectivity index (χ0n) is 14.6. The van der Waals surface area contributed by atoms with Crippen LogP contribution in [0.5, 0.6) is 0 Å². The van der Waals surface area contributed by atoms with E-state index in [2.05, 4.69) is 4.90 Å². The third-order valence-corrected chi connectivity index (χ3v) is 5.23. The average molecular weight is 364 g/mol. The SMILES string of the molecule is O=C(c1ccc(C(O)S(=O)(=O)O)cc1)N1CCN(C2CC2)CC1.[H-].[Na+]. The zero-order chi connectivity index (χ0) is 16.6. The molecule has 1 saturated carbocycles. The number of aliphatic hydroxyl groups is 1. The second-order valence-electron chi connectivity index (χ2n) is 6.05. The molecule has 1 amide bonds. The van der Waals surface area contributed by atoms with Gasteiger partial charge in [-0.05, 0) is 30.5 Å². The first-order valence-corrected chi connectivity index (χ1v) is 9.14. The molecule has 1 aliphatic heterocycles. The summed E-state index contributed by atoms with van der Waals surface area (Å²) in [6.07, 6.45) is 2.51. The molecule has 0 spiro atoms. The molecular formula is C15H21N2NaO5S. The predicted molar refractivity (Wildman–Crippen MR) is 84.6 cm³/mol. The number of piperazine rings is 1. The molecule has 0 aromatic heterocycles. The summed E-state index contributed by atoms with van der Waals surface area (Å²) in [5, 5.41) is 9.48. The first-order valence-electron chi connectivity index (χ1n) is 7.64. The Morgan fingerprint density at radius 1 is 1.12 bits per heavy atom. The number of carbonyl (C=O) groups excluding carboxylic acids is 1. The predicted octanol–water partition coefficient (Wildman–Crippen LogP) is -2.40. The number of hydrogen-bond acceptors (Lipinski definition) is 5. The molecule has 1 unspecified atom stereocenters. The first kappa shape index (κ1) is 19.8. The zero-order valence-corrected chi connectivity index (χ0v) is 16.4. The van der Waals surface area contributed by atoms with Crippen molar-refractivity contribution in [2.45, 2.75) is 24.3 Å². The van der Waals surface area contributed by atoms with E-state index in [4.69, 9.17) is 4.55 Å². The molecule has 1 saturated heterocycles. The summed E-state index contributed by atoms with van der Waals surface area (Å²) in [5.74, 6) is -0.103. The Kier molecular flexibility index (Phi) is 6.46. The number of hydrogen-bond donors (Lipinski definition) is 2. The van der Waals surface area contributed by atoms with Crippen molar-refractivity contribution in [3.05, 3.63) is 35.4 Å². The molecule has 128 valence electrons. The standard InChI is InChI=1S/C15H20N2O5S.Na.H/c18-14(17-9-7-16(8-10-17)13-5-6-13)11-1-3-12(4-2-11)15(19)23(20,21)22;;/h1-4,13,15,19H,5-10H2,(H,20,21,22);;/q;+1;-1. The van der Waals surface area contributed by atoms with Crippen LogP contribution in [-0.4, -0.2) is 66.0 Å². The van der Waals surface area contributed by atoms with Crippen molar-refractivity contribution in [3.8, 4) is 0 Å². The third kappa shape index (κ3) is 4.57. The normalized spacial score (nSPS) is 20.3. The molecule has 0 bridgehead atoms. The molecular weight excluding hydrogens is 343 g/mol. The summed E-state index contributed by atoms with van der Waals surface area (Å²) < 4.78 is 30.7. The Labute approximate surface area is 165 Å². The Hall–Kier alpha value is -0.480. The molecule has 1 aromatic rings. The van der Waals surface area contributed by atoms with Crippen LogP contribution in [0.3, 0.4) is 0 Å². The van der Waals surface area contributed by atoms with E-state index in [1.54, 1.807) is 4.90 Å². The van der Waals surface area contributed by atoms with Gasteiger partial charge in [0.15, 0.2) is 0 Å².